The maximum atomic E-state index is 12.7. The number of carbonyl (C=O) groups excluding carboxylic acids is 1. The first-order valence-corrected chi connectivity index (χ1v) is 8.38. The standard InChI is InChI=1S/C16H26N4O2/c1-11(2)14-10-20(16(21)15-12(3)17-22-18-15)8-4-7-19(14)9-13-5-6-13/h11,13-14H,4-10H2,1-3H3. The van der Waals surface area contributed by atoms with Crippen molar-refractivity contribution in [1.82, 2.24) is 20.1 Å². The highest BCUT2D eigenvalue weighted by molar-refractivity contribution is 5.93. The molecule has 0 spiro atoms. The Morgan fingerprint density at radius 1 is 1.32 bits per heavy atom. The molecule has 2 aliphatic rings. The van der Waals surface area contributed by atoms with Crippen molar-refractivity contribution in [3.63, 3.8) is 0 Å². The molecule has 1 atom stereocenters. The van der Waals surface area contributed by atoms with Gasteiger partial charge in [0.25, 0.3) is 5.91 Å². The van der Waals surface area contributed by atoms with Gasteiger partial charge in [-0.1, -0.05) is 19.0 Å². The summed E-state index contributed by atoms with van der Waals surface area (Å²) in [6, 6.07) is 0.423. The van der Waals surface area contributed by atoms with Crippen LogP contribution in [-0.4, -0.2) is 58.2 Å². The van der Waals surface area contributed by atoms with Crippen molar-refractivity contribution in [3.05, 3.63) is 11.4 Å². The van der Waals surface area contributed by atoms with Crippen molar-refractivity contribution >= 4 is 5.91 Å². The molecule has 1 aliphatic carbocycles. The maximum absolute atomic E-state index is 12.7. The molecule has 0 radical (unpaired) electrons. The first kappa shape index (κ1) is 15.5. The predicted molar refractivity (Wildman–Crippen MR) is 82.5 cm³/mol. The summed E-state index contributed by atoms with van der Waals surface area (Å²) >= 11 is 0. The summed E-state index contributed by atoms with van der Waals surface area (Å²) in [5.41, 5.74) is 0.934. The van der Waals surface area contributed by atoms with Crippen LogP contribution >= 0.6 is 0 Å². The van der Waals surface area contributed by atoms with Crippen molar-refractivity contribution < 1.29 is 9.42 Å². The van der Waals surface area contributed by atoms with E-state index in [1.807, 2.05) is 4.90 Å². The lowest BCUT2D eigenvalue weighted by molar-refractivity contribution is 0.0693. The Morgan fingerprint density at radius 3 is 2.68 bits per heavy atom. The number of rotatable bonds is 4. The van der Waals surface area contributed by atoms with Crippen LogP contribution in [0.1, 0.15) is 49.3 Å². The smallest absolute Gasteiger partial charge is 0.278 e. The number of amides is 1. The third-order valence-corrected chi connectivity index (χ3v) is 4.85. The average molecular weight is 306 g/mol. The third-order valence-electron chi connectivity index (χ3n) is 4.85. The normalized spacial score (nSPS) is 23.8. The Hall–Kier alpha value is -1.43. The minimum Gasteiger partial charge on any atom is -0.336 e. The molecule has 1 saturated carbocycles. The first-order chi connectivity index (χ1) is 10.6. The molecule has 0 bridgehead atoms. The molecule has 1 amide bonds. The second-order valence-electron chi connectivity index (χ2n) is 7.05. The SMILES string of the molecule is Cc1nonc1C(=O)N1CCCN(CC2CC2)C(C(C)C)C1. The summed E-state index contributed by atoms with van der Waals surface area (Å²) in [5.74, 6) is 1.37. The summed E-state index contributed by atoms with van der Waals surface area (Å²) in [6.07, 6.45) is 3.76. The van der Waals surface area contributed by atoms with E-state index in [-0.39, 0.29) is 5.91 Å². The summed E-state index contributed by atoms with van der Waals surface area (Å²) in [5, 5.41) is 7.51. The molecular formula is C16H26N4O2. The second kappa shape index (κ2) is 6.36. The quantitative estimate of drug-likeness (QED) is 0.851. The fourth-order valence-corrected chi connectivity index (χ4v) is 3.31. The van der Waals surface area contributed by atoms with Crippen LogP contribution < -0.4 is 0 Å². The van der Waals surface area contributed by atoms with Gasteiger partial charge in [-0.2, -0.15) is 0 Å². The summed E-state index contributed by atoms with van der Waals surface area (Å²) in [6.45, 7) is 10.1. The van der Waals surface area contributed by atoms with Crippen molar-refractivity contribution in [2.24, 2.45) is 11.8 Å². The average Bonchev–Trinajstić information content (AvgIpc) is 3.23. The Morgan fingerprint density at radius 2 is 2.09 bits per heavy atom. The van der Waals surface area contributed by atoms with E-state index in [1.165, 1.54) is 19.4 Å². The molecule has 2 fully saturated rings. The molecule has 0 N–H and O–H groups in total. The lowest BCUT2D eigenvalue weighted by atomic mass is 10.0. The van der Waals surface area contributed by atoms with Gasteiger partial charge in [0.15, 0.2) is 5.69 Å². The van der Waals surface area contributed by atoms with Crippen LogP contribution in [0.15, 0.2) is 4.63 Å². The molecule has 1 unspecified atom stereocenters. The van der Waals surface area contributed by atoms with E-state index in [0.29, 0.717) is 23.3 Å². The highest BCUT2D eigenvalue weighted by Gasteiger charge is 2.34. The molecule has 6 nitrogen and oxygen atoms in total. The van der Waals surface area contributed by atoms with Gasteiger partial charge in [-0.05, 0) is 43.2 Å². The monoisotopic (exact) mass is 306 g/mol. The van der Waals surface area contributed by atoms with Crippen molar-refractivity contribution in [1.29, 1.82) is 0 Å². The molecular weight excluding hydrogens is 280 g/mol. The van der Waals surface area contributed by atoms with Crippen LogP contribution in [0.2, 0.25) is 0 Å². The molecule has 1 aromatic rings. The molecule has 6 heteroatoms. The van der Waals surface area contributed by atoms with E-state index in [9.17, 15) is 4.79 Å². The van der Waals surface area contributed by atoms with Crippen LogP contribution in [-0.2, 0) is 0 Å². The van der Waals surface area contributed by atoms with Gasteiger partial charge in [-0.25, -0.2) is 4.63 Å². The van der Waals surface area contributed by atoms with Gasteiger partial charge in [0.1, 0.15) is 5.69 Å². The van der Waals surface area contributed by atoms with E-state index in [1.54, 1.807) is 6.92 Å². The van der Waals surface area contributed by atoms with Crippen molar-refractivity contribution in [2.45, 2.75) is 46.1 Å². The Balaban J connectivity index is 1.73. The van der Waals surface area contributed by atoms with Gasteiger partial charge < -0.3 is 4.90 Å². The van der Waals surface area contributed by atoms with Crippen LogP contribution in [0.5, 0.6) is 0 Å². The lowest BCUT2D eigenvalue weighted by Gasteiger charge is -2.34. The Kier molecular flexibility index (Phi) is 4.47. The van der Waals surface area contributed by atoms with Gasteiger partial charge in [-0.15, -0.1) is 0 Å². The molecule has 22 heavy (non-hydrogen) atoms. The highest BCUT2D eigenvalue weighted by Crippen LogP contribution is 2.32. The number of aromatic nitrogens is 2. The van der Waals surface area contributed by atoms with E-state index in [2.05, 4.69) is 33.7 Å². The van der Waals surface area contributed by atoms with E-state index in [0.717, 1.165) is 32.0 Å². The van der Waals surface area contributed by atoms with Gasteiger partial charge >= 0.3 is 0 Å². The zero-order valence-electron chi connectivity index (χ0n) is 13.8. The predicted octanol–water partition coefficient (Wildman–Crippen LogP) is 1.96. The van der Waals surface area contributed by atoms with Crippen LogP contribution in [0.4, 0.5) is 0 Å². The zero-order chi connectivity index (χ0) is 15.7. The lowest BCUT2D eigenvalue weighted by Crippen LogP contribution is -2.46. The number of carbonyl (C=O) groups is 1. The van der Waals surface area contributed by atoms with Crippen LogP contribution in [0.25, 0.3) is 0 Å². The topological polar surface area (TPSA) is 62.5 Å². The maximum Gasteiger partial charge on any atom is 0.278 e. The molecule has 2 heterocycles. The number of hydrogen-bond acceptors (Lipinski definition) is 5. The summed E-state index contributed by atoms with van der Waals surface area (Å²) < 4.78 is 4.69. The first-order valence-electron chi connectivity index (χ1n) is 8.38. The van der Waals surface area contributed by atoms with Gasteiger partial charge in [0, 0.05) is 32.2 Å². The second-order valence-corrected chi connectivity index (χ2v) is 7.05. The Bertz CT molecular complexity index is 524. The summed E-state index contributed by atoms with van der Waals surface area (Å²) in [7, 11) is 0. The highest BCUT2D eigenvalue weighted by atomic mass is 16.6. The van der Waals surface area contributed by atoms with Crippen molar-refractivity contribution in [2.75, 3.05) is 26.2 Å². The zero-order valence-corrected chi connectivity index (χ0v) is 13.8. The van der Waals surface area contributed by atoms with Gasteiger partial charge in [-0.3, -0.25) is 9.69 Å². The fraction of sp³-hybridized carbons (Fsp3) is 0.812. The largest absolute Gasteiger partial charge is 0.336 e. The van der Waals surface area contributed by atoms with E-state index >= 15 is 0 Å². The third kappa shape index (κ3) is 3.32. The molecule has 1 aliphatic heterocycles. The number of nitrogens with zero attached hydrogens (tertiary/aromatic N) is 4. The van der Waals surface area contributed by atoms with Crippen molar-refractivity contribution in [3.8, 4) is 0 Å². The summed E-state index contributed by atoms with van der Waals surface area (Å²) in [4.78, 5) is 17.2. The molecule has 0 aromatic carbocycles. The minimum atomic E-state index is -0.0438. The van der Waals surface area contributed by atoms with Crippen LogP contribution in [0.3, 0.4) is 0 Å². The van der Waals surface area contributed by atoms with E-state index in [4.69, 9.17) is 0 Å². The molecule has 1 aromatic heterocycles. The van der Waals surface area contributed by atoms with Gasteiger partial charge in [0.2, 0.25) is 0 Å². The fourth-order valence-electron chi connectivity index (χ4n) is 3.31. The molecule has 3 rings (SSSR count). The van der Waals surface area contributed by atoms with E-state index < -0.39 is 0 Å². The van der Waals surface area contributed by atoms with Gasteiger partial charge in [0.05, 0.1) is 0 Å². The van der Waals surface area contributed by atoms with Crippen LogP contribution in [0, 0.1) is 18.8 Å². The minimum absolute atomic E-state index is 0.0438. The molecule has 122 valence electrons. The Labute approximate surface area is 131 Å². The number of aryl methyl sites for hydroxylation is 1. The molecule has 1 saturated heterocycles. The number of hydrogen-bond donors (Lipinski definition) is 0.